The van der Waals surface area contributed by atoms with Gasteiger partial charge in [-0.05, 0) is 36.8 Å². The molecule has 3 heterocycles. The van der Waals surface area contributed by atoms with Crippen molar-refractivity contribution >= 4 is 39.0 Å². The van der Waals surface area contributed by atoms with Gasteiger partial charge >= 0.3 is 0 Å². The highest BCUT2D eigenvalue weighted by Crippen LogP contribution is 2.38. The first-order valence-corrected chi connectivity index (χ1v) is 9.16. The number of aryl methyl sites for hydroxylation is 1. The summed E-state index contributed by atoms with van der Waals surface area (Å²) in [7, 11) is 0. The van der Waals surface area contributed by atoms with Gasteiger partial charge in [-0.2, -0.15) is 0 Å². The molecule has 7 heteroatoms. The van der Waals surface area contributed by atoms with Crippen LogP contribution >= 0.6 is 22.9 Å². The van der Waals surface area contributed by atoms with Crippen molar-refractivity contribution in [2.75, 3.05) is 5.32 Å². The lowest BCUT2D eigenvalue weighted by Crippen LogP contribution is -2.04. The van der Waals surface area contributed by atoms with E-state index in [0.717, 1.165) is 26.2 Å². The average Bonchev–Trinajstić information content (AvgIpc) is 2.96. The van der Waals surface area contributed by atoms with Crippen LogP contribution in [0.4, 0.5) is 10.2 Å². The second kappa shape index (κ2) is 6.97. The lowest BCUT2D eigenvalue weighted by molar-refractivity contribution is 0.627. The van der Waals surface area contributed by atoms with Gasteiger partial charge in [-0.1, -0.05) is 23.7 Å². The predicted octanol–water partition coefficient (Wildman–Crippen LogP) is 5.47. The van der Waals surface area contributed by atoms with Gasteiger partial charge in [0.2, 0.25) is 0 Å². The number of benzene rings is 1. The van der Waals surface area contributed by atoms with E-state index in [4.69, 9.17) is 11.6 Å². The van der Waals surface area contributed by atoms with E-state index < -0.39 is 0 Å². The number of hydrogen-bond acceptors (Lipinski definition) is 5. The first kappa shape index (κ1) is 16.9. The second-order valence-electron chi connectivity index (χ2n) is 5.77. The van der Waals surface area contributed by atoms with E-state index in [1.165, 1.54) is 23.5 Å². The van der Waals surface area contributed by atoms with Gasteiger partial charge in [-0.15, -0.1) is 11.3 Å². The summed E-state index contributed by atoms with van der Waals surface area (Å²) in [5.74, 6) is 0.992. The number of halogens is 2. The minimum absolute atomic E-state index is 0.256. The smallest absolute Gasteiger partial charge is 0.164 e. The van der Waals surface area contributed by atoms with E-state index in [-0.39, 0.29) is 5.82 Å². The molecule has 0 amide bonds. The summed E-state index contributed by atoms with van der Waals surface area (Å²) in [4.78, 5) is 15.3. The number of anilines is 1. The van der Waals surface area contributed by atoms with Crippen molar-refractivity contribution in [2.24, 2.45) is 0 Å². The predicted molar refractivity (Wildman–Crippen MR) is 104 cm³/mol. The summed E-state index contributed by atoms with van der Waals surface area (Å²) in [6, 6.07) is 10.1. The molecule has 0 spiro atoms. The van der Waals surface area contributed by atoms with Gasteiger partial charge in [0.1, 0.15) is 16.5 Å². The van der Waals surface area contributed by atoms with Crippen LogP contribution in [0.5, 0.6) is 0 Å². The lowest BCUT2D eigenvalue weighted by atomic mass is 10.2. The number of thiophene rings is 1. The molecule has 4 nitrogen and oxygen atoms in total. The van der Waals surface area contributed by atoms with E-state index >= 15 is 0 Å². The summed E-state index contributed by atoms with van der Waals surface area (Å²) < 4.78 is 13.1. The Morgan fingerprint density at radius 3 is 2.69 bits per heavy atom. The number of hydrogen-bond donors (Lipinski definition) is 1. The summed E-state index contributed by atoms with van der Waals surface area (Å²) >= 11 is 8.01. The SMILES string of the molecule is Cc1sc2nc(-c3cccnc3)nc(NCc3ccc(F)cc3)c2c1Cl. The number of nitrogens with zero attached hydrogens (tertiary/aromatic N) is 3. The van der Waals surface area contributed by atoms with E-state index in [1.54, 1.807) is 24.5 Å². The van der Waals surface area contributed by atoms with Gasteiger partial charge < -0.3 is 5.32 Å². The summed E-state index contributed by atoms with van der Waals surface area (Å²) in [6.07, 6.45) is 3.44. The van der Waals surface area contributed by atoms with Gasteiger partial charge in [0, 0.05) is 29.4 Å². The minimum Gasteiger partial charge on any atom is -0.365 e. The molecule has 0 aliphatic rings. The second-order valence-corrected chi connectivity index (χ2v) is 7.35. The average molecular weight is 385 g/mol. The molecule has 4 aromatic rings. The molecule has 0 atom stereocenters. The van der Waals surface area contributed by atoms with Crippen molar-refractivity contribution in [3.05, 3.63) is 70.1 Å². The van der Waals surface area contributed by atoms with E-state index in [0.29, 0.717) is 23.2 Å². The Hall–Kier alpha value is -2.57. The van der Waals surface area contributed by atoms with Crippen LogP contribution in [0.2, 0.25) is 5.02 Å². The topological polar surface area (TPSA) is 50.7 Å². The summed E-state index contributed by atoms with van der Waals surface area (Å²) in [6.45, 7) is 2.46. The number of pyridine rings is 1. The third kappa shape index (κ3) is 3.25. The van der Waals surface area contributed by atoms with Crippen molar-refractivity contribution in [3.63, 3.8) is 0 Å². The quantitative estimate of drug-likeness (QED) is 0.507. The molecule has 0 saturated carbocycles. The van der Waals surface area contributed by atoms with Gasteiger partial charge in [0.05, 0.1) is 10.4 Å². The Bertz CT molecular complexity index is 1060. The molecule has 0 aliphatic heterocycles. The van der Waals surface area contributed by atoms with E-state index in [2.05, 4.69) is 20.3 Å². The molecule has 0 fully saturated rings. The summed E-state index contributed by atoms with van der Waals surface area (Å²) in [5.41, 5.74) is 1.78. The Morgan fingerprint density at radius 1 is 1.15 bits per heavy atom. The van der Waals surface area contributed by atoms with Gasteiger partial charge in [-0.3, -0.25) is 4.98 Å². The third-order valence-corrected chi connectivity index (χ3v) is 5.53. The minimum atomic E-state index is -0.256. The van der Waals surface area contributed by atoms with E-state index in [1.807, 2.05) is 19.1 Å². The number of rotatable bonds is 4. The highest BCUT2D eigenvalue weighted by atomic mass is 35.5. The molecule has 1 aromatic carbocycles. The largest absolute Gasteiger partial charge is 0.365 e. The normalized spacial score (nSPS) is 11.0. The molecule has 130 valence electrons. The Labute approximate surface area is 158 Å². The maximum atomic E-state index is 13.1. The van der Waals surface area contributed by atoms with E-state index in [9.17, 15) is 4.39 Å². The standard InChI is InChI=1S/C19H14ClFN4S/c1-11-16(20)15-18(23-9-12-4-6-14(21)7-5-12)24-17(25-19(15)26-11)13-3-2-8-22-10-13/h2-8,10H,9H2,1H3,(H,23,24,25). The number of nitrogens with one attached hydrogen (secondary N) is 1. The fourth-order valence-corrected chi connectivity index (χ4v) is 3.88. The molecule has 1 N–H and O–H groups in total. The van der Waals surface area contributed by atoms with Crippen LogP contribution in [0.15, 0.2) is 48.8 Å². The highest BCUT2D eigenvalue weighted by molar-refractivity contribution is 7.19. The molecule has 26 heavy (non-hydrogen) atoms. The van der Waals surface area contributed by atoms with Crippen LogP contribution in [0, 0.1) is 12.7 Å². The molecular formula is C19H14ClFN4S. The Morgan fingerprint density at radius 2 is 1.96 bits per heavy atom. The maximum Gasteiger partial charge on any atom is 0.164 e. The molecule has 0 bridgehead atoms. The van der Waals surface area contributed by atoms with Crippen LogP contribution in [-0.4, -0.2) is 15.0 Å². The maximum absolute atomic E-state index is 13.1. The molecule has 0 unspecified atom stereocenters. The fraction of sp³-hybridized carbons (Fsp3) is 0.105. The van der Waals surface area contributed by atoms with Crippen molar-refractivity contribution in [2.45, 2.75) is 13.5 Å². The van der Waals surface area contributed by atoms with Crippen LogP contribution < -0.4 is 5.32 Å². The van der Waals surface area contributed by atoms with Gasteiger partial charge in [0.15, 0.2) is 5.82 Å². The molecule has 3 aromatic heterocycles. The number of fused-ring (bicyclic) bond motifs is 1. The zero-order valence-corrected chi connectivity index (χ0v) is 15.4. The Balaban J connectivity index is 1.76. The zero-order chi connectivity index (χ0) is 18.1. The van der Waals surface area contributed by atoms with Crippen molar-refractivity contribution in [3.8, 4) is 11.4 Å². The zero-order valence-electron chi connectivity index (χ0n) is 13.8. The monoisotopic (exact) mass is 384 g/mol. The molecule has 0 saturated heterocycles. The van der Waals surface area contributed by atoms with Crippen molar-refractivity contribution < 1.29 is 4.39 Å². The van der Waals surface area contributed by atoms with Gasteiger partial charge in [0.25, 0.3) is 0 Å². The van der Waals surface area contributed by atoms with Crippen LogP contribution in [-0.2, 0) is 6.54 Å². The van der Waals surface area contributed by atoms with Gasteiger partial charge in [-0.25, -0.2) is 14.4 Å². The van der Waals surface area contributed by atoms with Crippen LogP contribution in [0.25, 0.3) is 21.6 Å². The molecular weight excluding hydrogens is 371 g/mol. The van der Waals surface area contributed by atoms with Crippen LogP contribution in [0.1, 0.15) is 10.4 Å². The highest BCUT2D eigenvalue weighted by Gasteiger charge is 2.16. The Kier molecular flexibility index (Phi) is 4.53. The lowest BCUT2D eigenvalue weighted by Gasteiger charge is -2.09. The molecule has 4 rings (SSSR count). The first-order chi connectivity index (χ1) is 12.6. The molecule has 0 aliphatic carbocycles. The van der Waals surface area contributed by atoms with Crippen molar-refractivity contribution in [1.29, 1.82) is 0 Å². The van der Waals surface area contributed by atoms with Crippen LogP contribution in [0.3, 0.4) is 0 Å². The first-order valence-electron chi connectivity index (χ1n) is 7.97. The molecule has 0 radical (unpaired) electrons. The van der Waals surface area contributed by atoms with Crippen molar-refractivity contribution in [1.82, 2.24) is 15.0 Å². The number of aromatic nitrogens is 3. The fourth-order valence-electron chi connectivity index (χ4n) is 2.62. The third-order valence-electron chi connectivity index (χ3n) is 3.95. The summed E-state index contributed by atoms with van der Waals surface area (Å²) in [5, 5.41) is 4.78.